The third-order valence-electron chi connectivity index (χ3n) is 2.85. The summed E-state index contributed by atoms with van der Waals surface area (Å²) in [6.45, 7) is 2.84. The zero-order chi connectivity index (χ0) is 15.2. The number of hydrogen-bond donors (Lipinski definition) is 2. The molecule has 20 heavy (non-hydrogen) atoms. The quantitative estimate of drug-likeness (QED) is 0.752. The van der Waals surface area contributed by atoms with Crippen molar-refractivity contribution in [3.63, 3.8) is 0 Å². The maximum absolute atomic E-state index is 12.2. The van der Waals surface area contributed by atoms with Gasteiger partial charge in [0.15, 0.2) is 0 Å². The summed E-state index contributed by atoms with van der Waals surface area (Å²) in [6, 6.07) is 6.52. The maximum atomic E-state index is 12.2. The molecule has 1 rings (SSSR count). The van der Waals surface area contributed by atoms with Gasteiger partial charge in [0.1, 0.15) is 0 Å². The van der Waals surface area contributed by atoms with E-state index in [1.54, 1.807) is 38.4 Å². The molecule has 0 aromatic heterocycles. The molecule has 0 saturated heterocycles. The number of sulfonamides is 1. The van der Waals surface area contributed by atoms with Crippen LogP contribution in [0.3, 0.4) is 0 Å². The Bertz CT molecular complexity index is 540. The number of carbonyl (C=O) groups is 1. The van der Waals surface area contributed by atoms with Crippen LogP contribution < -0.4 is 10.6 Å². The number of nitrogens with one attached hydrogen (secondary N) is 2. The van der Waals surface area contributed by atoms with E-state index < -0.39 is 10.0 Å². The molecule has 7 heteroatoms. The lowest BCUT2D eigenvalue weighted by atomic mass is 10.2. The zero-order valence-electron chi connectivity index (χ0n) is 12.0. The normalized spacial score (nSPS) is 11.6. The van der Waals surface area contributed by atoms with E-state index >= 15 is 0 Å². The minimum absolute atomic E-state index is 0.117. The van der Waals surface area contributed by atoms with Crippen LogP contribution in [0.5, 0.6) is 0 Å². The standard InChI is InChI=1S/C13H21N3O3S/c1-11(17)15-10-12-4-6-13(7-5-12)20(18,19)16(3)9-8-14-2/h4-7,14H,8-10H2,1-3H3,(H,15,17). The topological polar surface area (TPSA) is 78.5 Å². The molecule has 0 aliphatic heterocycles. The van der Waals surface area contributed by atoms with Crippen LogP contribution in [0.2, 0.25) is 0 Å². The van der Waals surface area contributed by atoms with Gasteiger partial charge in [-0.15, -0.1) is 0 Å². The monoisotopic (exact) mass is 299 g/mol. The van der Waals surface area contributed by atoms with Crippen molar-refractivity contribution in [2.45, 2.75) is 18.4 Å². The average Bonchev–Trinajstić information content (AvgIpc) is 2.42. The van der Waals surface area contributed by atoms with E-state index in [4.69, 9.17) is 0 Å². The molecule has 0 fully saturated rings. The lowest BCUT2D eigenvalue weighted by molar-refractivity contribution is -0.119. The molecular weight excluding hydrogens is 278 g/mol. The maximum Gasteiger partial charge on any atom is 0.242 e. The van der Waals surface area contributed by atoms with Crippen molar-refractivity contribution in [1.29, 1.82) is 0 Å². The van der Waals surface area contributed by atoms with Crippen LogP contribution in [0.4, 0.5) is 0 Å². The molecule has 0 aliphatic carbocycles. The highest BCUT2D eigenvalue weighted by Gasteiger charge is 2.19. The van der Waals surface area contributed by atoms with E-state index in [9.17, 15) is 13.2 Å². The number of nitrogens with zero attached hydrogens (tertiary/aromatic N) is 1. The third-order valence-corrected chi connectivity index (χ3v) is 4.72. The first-order valence-corrected chi connectivity index (χ1v) is 7.76. The van der Waals surface area contributed by atoms with Crippen molar-refractivity contribution in [2.75, 3.05) is 27.2 Å². The van der Waals surface area contributed by atoms with Crippen molar-refractivity contribution < 1.29 is 13.2 Å². The Hall–Kier alpha value is -1.44. The van der Waals surface area contributed by atoms with Crippen LogP contribution in [-0.4, -0.2) is 45.8 Å². The van der Waals surface area contributed by atoms with Gasteiger partial charge >= 0.3 is 0 Å². The summed E-state index contributed by atoms with van der Waals surface area (Å²) in [4.78, 5) is 11.1. The summed E-state index contributed by atoms with van der Waals surface area (Å²) in [5.41, 5.74) is 0.858. The third kappa shape index (κ3) is 4.59. The molecule has 112 valence electrons. The van der Waals surface area contributed by atoms with Gasteiger partial charge in [-0.3, -0.25) is 4.79 Å². The smallest absolute Gasteiger partial charge is 0.242 e. The van der Waals surface area contributed by atoms with E-state index in [1.165, 1.54) is 11.2 Å². The lowest BCUT2D eigenvalue weighted by Gasteiger charge is -2.17. The molecule has 0 unspecified atom stereocenters. The average molecular weight is 299 g/mol. The van der Waals surface area contributed by atoms with E-state index in [0.717, 1.165) is 5.56 Å². The Kier molecular flexibility index (Phi) is 6.12. The molecule has 0 saturated carbocycles. The van der Waals surface area contributed by atoms with Crippen LogP contribution in [-0.2, 0) is 21.4 Å². The van der Waals surface area contributed by atoms with E-state index in [2.05, 4.69) is 10.6 Å². The van der Waals surface area contributed by atoms with Crippen molar-refractivity contribution in [3.05, 3.63) is 29.8 Å². The Morgan fingerprint density at radius 2 is 1.85 bits per heavy atom. The van der Waals surface area contributed by atoms with Gasteiger partial charge in [-0.1, -0.05) is 12.1 Å². The van der Waals surface area contributed by atoms with E-state index in [-0.39, 0.29) is 10.8 Å². The van der Waals surface area contributed by atoms with Crippen molar-refractivity contribution >= 4 is 15.9 Å². The molecule has 6 nitrogen and oxygen atoms in total. The highest BCUT2D eigenvalue weighted by Crippen LogP contribution is 2.14. The number of carbonyl (C=O) groups excluding carboxylic acids is 1. The molecule has 0 atom stereocenters. The molecule has 1 aromatic rings. The van der Waals surface area contributed by atoms with Crippen LogP contribution >= 0.6 is 0 Å². The number of rotatable bonds is 7. The Balaban J connectivity index is 2.78. The summed E-state index contributed by atoms with van der Waals surface area (Å²) in [6.07, 6.45) is 0. The summed E-state index contributed by atoms with van der Waals surface area (Å²) in [7, 11) is -0.125. The van der Waals surface area contributed by atoms with Gasteiger partial charge in [0.05, 0.1) is 4.90 Å². The molecule has 0 radical (unpaired) electrons. The molecular formula is C13H21N3O3S. The van der Waals surface area contributed by atoms with Crippen LogP contribution in [0.25, 0.3) is 0 Å². The molecule has 0 aliphatic rings. The number of amides is 1. The molecule has 2 N–H and O–H groups in total. The minimum Gasteiger partial charge on any atom is -0.352 e. The minimum atomic E-state index is -3.45. The van der Waals surface area contributed by atoms with Gasteiger partial charge in [0.25, 0.3) is 0 Å². The fourth-order valence-electron chi connectivity index (χ4n) is 1.58. The summed E-state index contributed by atoms with van der Waals surface area (Å²) in [5, 5.41) is 5.58. The lowest BCUT2D eigenvalue weighted by Crippen LogP contribution is -2.32. The Morgan fingerprint density at radius 3 is 2.35 bits per heavy atom. The first kappa shape index (κ1) is 16.6. The van der Waals surface area contributed by atoms with E-state index in [1.807, 2.05) is 0 Å². The highest BCUT2D eigenvalue weighted by atomic mass is 32.2. The summed E-state index contributed by atoms with van der Waals surface area (Å²) >= 11 is 0. The highest BCUT2D eigenvalue weighted by molar-refractivity contribution is 7.89. The second-order valence-corrected chi connectivity index (χ2v) is 6.53. The number of likely N-dealkylation sites (N-methyl/N-ethyl adjacent to an activating group) is 2. The zero-order valence-corrected chi connectivity index (χ0v) is 12.8. The Morgan fingerprint density at radius 1 is 1.25 bits per heavy atom. The van der Waals surface area contributed by atoms with Gasteiger partial charge < -0.3 is 10.6 Å². The SMILES string of the molecule is CNCCN(C)S(=O)(=O)c1ccc(CNC(C)=O)cc1. The molecule has 0 bridgehead atoms. The van der Waals surface area contributed by atoms with Gasteiger partial charge in [-0.2, -0.15) is 4.31 Å². The number of benzene rings is 1. The molecule has 0 heterocycles. The predicted molar refractivity (Wildman–Crippen MR) is 77.7 cm³/mol. The van der Waals surface area contributed by atoms with Crippen LogP contribution in [0.15, 0.2) is 29.2 Å². The predicted octanol–water partition coefficient (Wildman–Crippen LogP) is 0.163. The van der Waals surface area contributed by atoms with Gasteiger partial charge in [0, 0.05) is 33.6 Å². The number of hydrogen-bond acceptors (Lipinski definition) is 4. The van der Waals surface area contributed by atoms with Crippen molar-refractivity contribution in [1.82, 2.24) is 14.9 Å². The van der Waals surface area contributed by atoms with Gasteiger partial charge in [-0.25, -0.2) is 8.42 Å². The first-order chi connectivity index (χ1) is 9.37. The van der Waals surface area contributed by atoms with Gasteiger partial charge in [-0.05, 0) is 24.7 Å². The molecule has 1 amide bonds. The fourth-order valence-corrected chi connectivity index (χ4v) is 2.75. The molecule has 0 spiro atoms. The van der Waals surface area contributed by atoms with Crippen molar-refractivity contribution in [2.24, 2.45) is 0 Å². The fraction of sp³-hybridized carbons (Fsp3) is 0.462. The largest absolute Gasteiger partial charge is 0.352 e. The molecule has 1 aromatic carbocycles. The second-order valence-electron chi connectivity index (χ2n) is 4.48. The van der Waals surface area contributed by atoms with Crippen LogP contribution in [0, 0.1) is 0 Å². The summed E-state index contributed by atoms with van der Waals surface area (Å²) in [5.74, 6) is -0.117. The van der Waals surface area contributed by atoms with Crippen LogP contribution in [0.1, 0.15) is 12.5 Å². The first-order valence-electron chi connectivity index (χ1n) is 6.32. The van der Waals surface area contributed by atoms with E-state index in [0.29, 0.717) is 19.6 Å². The van der Waals surface area contributed by atoms with Gasteiger partial charge in [0.2, 0.25) is 15.9 Å². The Labute approximate surface area is 120 Å². The second kappa shape index (κ2) is 7.37. The summed E-state index contributed by atoms with van der Waals surface area (Å²) < 4.78 is 25.8. The van der Waals surface area contributed by atoms with Crippen molar-refractivity contribution in [3.8, 4) is 0 Å².